The number of phenolic OH excluding ortho intramolecular Hbond substituents is 2. The summed E-state index contributed by atoms with van der Waals surface area (Å²) in [7, 11) is 0. The fourth-order valence-electron chi connectivity index (χ4n) is 3.31. The lowest BCUT2D eigenvalue weighted by Gasteiger charge is -2.40. The smallest absolute Gasteiger partial charge is 0.222 e. The van der Waals surface area contributed by atoms with Crippen molar-refractivity contribution in [1.29, 1.82) is 0 Å². The number of aromatic hydroxyl groups is 2. The van der Waals surface area contributed by atoms with Crippen LogP contribution in [-0.2, 0) is 4.79 Å². The Labute approximate surface area is 118 Å². The molecule has 2 atom stereocenters. The van der Waals surface area contributed by atoms with Crippen molar-refractivity contribution in [2.45, 2.75) is 31.8 Å². The number of amides is 1. The molecule has 3 rings (SSSR count). The zero-order valence-electron chi connectivity index (χ0n) is 11.6. The van der Waals surface area contributed by atoms with Crippen LogP contribution in [-0.4, -0.2) is 51.6 Å². The van der Waals surface area contributed by atoms with E-state index in [2.05, 4.69) is 11.8 Å². The molecule has 2 unspecified atom stereocenters. The summed E-state index contributed by atoms with van der Waals surface area (Å²) in [4.78, 5) is 16.0. The number of rotatable bonds is 2. The van der Waals surface area contributed by atoms with Crippen molar-refractivity contribution in [3.63, 3.8) is 0 Å². The number of carbonyl (C=O) groups is 1. The fourth-order valence-corrected chi connectivity index (χ4v) is 3.31. The predicted molar refractivity (Wildman–Crippen MR) is 74.5 cm³/mol. The number of fused-ring (bicyclic) bond motifs is 1. The summed E-state index contributed by atoms with van der Waals surface area (Å²) in [5, 5.41) is 19.2. The predicted octanol–water partition coefficient (Wildman–Crippen LogP) is 1.47. The van der Waals surface area contributed by atoms with Crippen LogP contribution >= 0.6 is 0 Å². The molecule has 0 aliphatic carbocycles. The minimum atomic E-state index is 0.0848. The maximum absolute atomic E-state index is 11.7. The van der Waals surface area contributed by atoms with E-state index in [1.54, 1.807) is 12.1 Å². The molecule has 1 aromatic carbocycles. The molecule has 1 amide bonds. The maximum Gasteiger partial charge on any atom is 0.222 e. The van der Waals surface area contributed by atoms with Gasteiger partial charge < -0.3 is 15.1 Å². The summed E-state index contributed by atoms with van der Waals surface area (Å²) < 4.78 is 0. The van der Waals surface area contributed by atoms with E-state index in [0.29, 0.717) is 12.5 Å². The minimum Gasteiger partial charge on any atom is -0.508 e. The lowest BCUT2D eigenvalue weighted by atomic mass is 10.0. The van der Waals surface area contributed by atoms with Crippen LogP contribution in [0.25, 0.3) is 0 Å². The van der Waals surface area contributed by atoms with Crippen molar-refractivity contribution in [2.75, 3.05) is 19.6 Å². The van der Waals surface area contributed by atoms with Crippen LogP contribution in [0.1, 0.15) is 31.4 Å². The Bertz CT molecular complexity index is 512. The number of hydrogen-bond donors (Lipinski definition) is 2. The van der Waals surface area contributed by atoms with E-state index < -0.39 is 0 Å². The van der Waals surface area contributed by atoms with Gasteiger partial charge in [-0.3, -0.25) is 9.69 Å². The number of hydrogen-bond acceptors (Lipinski definition) is 4. The molecule has 2 N–H and O–H groups in total. The van der Waals surface area contributed by atoms with Gasteiger partial charge in [0.1, 0.15) is 11.5 Å². The first-order valence-corrected chi connectivity index (χ1v) is 7.11. The molecule has 0 spiro atoms. The molecule has 0 saturated carbocycles. The van der Waals surface area contributed by atoms with Crippen LogP contribution in [0.4, 0.5) is 0 Å². The molecule has 5 heteroatoms. The molecular formula is C15H20N2O3. The monoisotopic (exact) mass is 276 g/mol. The Balaban J connectivity index is 1.75. The van der Waals surface area contributed by atoms with Gasteiger partial charge >= 0.3 is 0 Å². The fraction of sp³-hybridized carbons (Fsp3) is 0.533. The van der Waals surface area contributed by atoms with Crippen LogP contribution in [0.5, 0.6) is 11.5 Å². The summed E-state index contributed by atoms with van der Waals surface area (Å²) >= 11 is 0. The first kappa shape index (κ1) is 13.2. The van der Waals surface area contributed by atoms with E-state index >= 15 is 0 Å². The van der Waals surface area contributed by atoms with Crippen molar-refractivity contribution in [3.8, 4) is 11.5 Å². The van der Waals surface area contributed by atoms with Gasteiger partial charge in [0.2, 0.25) is 5.91 Å². The van der Waals surface area contributed by atoms with Gasteiger partial charge in [0.15, 0.2) is 0 Å². The van der Waals surface area contributed by atoms with Crippen LogP contribution in [0.3, 0.4) is 0 Å². The van der Waals surface area contributed by atoms with E-state index in [1.165, 1.54) is 6.07 Å². The average Bonchev–Trinajstić information content (AvgIpc) is 2.78. The second kappa shape index (κ2) is 4.98. The molecule has 0 aromatic heterocycles. The van der Waals surface area contributed by atoms with Crippen molar-refractivity contribution in [3.05, 3.63) is 23.8 Å². The third-order valence-electron chi connectivity index (χ3n) is 4.48. The summed E-state index contributed by atoms with van der Waals surface area (Å²) in [6, 6.07) is 5.16. The standard InChI is InChI=1S/C15H20N2O3/c1-10(11-6-13(18)8-14(19)7-11)16-4-5-17-12(9-16)2-3-15(17)20/h6-8,10,12,18-19H,2-5,9H2,1H3. The summed E-state index contributed by atoms with van der Waals surface area (Å²) in [5.41, 5.74) is 0.903. The Morgan fingerprint density at radius 3 is 2.60 bits per heavy atom. The van der Waals surface area contributed by atoms with E-state index in [1.807, 2.05) is 4.90 Å². The van der Waals surface area contributed by atoms with E-state index in [4.69, 9.17) is 0 Å². The molecule has 2 fully saturated rings. The molecule has 1 aromatic rings. The van der Waals surface area contributed by atoms with E-state index in [-0.39, 0.29) is 23.4 Å². The Morgan fingerprint density at radius 2 is 1.90 bits per heavy atom. The van der Waals surface area contributed by atoms with Crippen LogP contribution in [0.15, 0.2) is 18.2 Å². The molecule has 5 nitrogen and oxygen atoms in total. The Morgan fingerprint density at radius 1 is 1.20 bits per heavy atom. The van der Waals surface area contributed by atoms with Crippen LogP contribution < -0.4 is 0 Å². The molecule has 2 aliphatic heterocycles. The lowest BCUT2D eigenvalue weighted by Crippen LogP contribution is -2.51. The van der Waals surface area contributed by atoms with Gasteiger partial charge in [-0.1, -0.05) is 0 Å². The number of nitrogens with zero attached hydrogens (tertiary/aromatic N) is 2. The largest absolute Gasteiger partial charge is 0.508 e. The third kappa shape index (κ3) is 2.33. The summed E-state index contributed by atoms with van der Waals surface area (Å²) in [5.74, 6) is 0.445. The number of piperazine rings is 1. The topological polar surface area (TPSA) is 64.0 Å². The van der Waals surface area contributed by atoms with Crippen LogP contribution in [0, 0.1) is 0 Å². The maximum atomic E-state index is 11.7. The van der Waals surface area contributed by atoms with Crippen molar-refractivity contribution in [1.82, 2.24) is 9.80 Å². The number of benzene rings is 1. The zero-order valence-corrected chi connectivity index (χ0v) is 11.6. The van der Waals surface area contributed by atoms with Crippen molar-refractivity contribution >= 4 is 5.91 Å². The van der Waals surface area contributed by atoms with Crippen LogP contribution in [0.2, 0.25) is 0 Å². The van der Waals surface area contributed by atoms with Crippen molar-refractivity contribution in [2.24, 2.45) is 0 Å². The van der Waals surface area contributed by atoms with Crippen molar-refractivity contribution < 1.29 is 15.0 Å². The number of carbonyl (C=O) groups excluding carboxylic acids is 1. The van der Waals surface area contributed by atoms with Gasteiger partial charge in [-0.2, -0.15) is 0 Å². The summed E-state index contributed by atoms with van der Waals surface area (Å²) in [6.45, 7) is 4.54. The average molecular weight is 276 g/mol. The van der Waals surface area contributed by atoms with E-state index in [9.17, 15) is 15.0 Å². The Hall–Kier alpha value is -1.75. The van der Waals surface area contributed by atoms with Gasteiger partial charge in [0.05, 0.1) is 0 Å². The molecule has 2 heterocycles. The molecule has 2 saturated heterocycles. The van der Waals surface area contributed by atoms with E-state index in [0.717, 1.165) is 31.6 Å². The zero-order chi connectivity index (χ0) is 14.3. The van der Waals surface area contributed by atoms with Gasteiger partial charge in [-0.15, -0.1) is 0 Å². The van der Waals surface area contributed by atoms with Gasteiger partial charge in [-0.25, -0.2) is 0 Å². The molecule has 108 valence electrons. The quantitative estimate of drug-likeness (QED) is 0.858. The highest BCUT2D eigenvalue weighted by Gasteiger charge is 2.36. The highest BCUT2D eigenvalue weighted by Crippen LogP contribution is 2.31. The molecule has 0 radical (unpaired) electrons. The lowest BCUT2D eigenvalue weighted by molar-refractivity contribution is -0.131. The molecule has 2 aliphatic rings. The third-order valence-corrected chi connectivity index (χ3v) is 4.48. The first-order valence-electron chi connectivity index (χ1n) is 7.11. The van der Waals surface area contributed by atoms with Gasteiger partial charge in [0, 0.05) is 44.2 Å². The minimum absolute atomic E-state index is 0.0848. The normalized spacial score (nSPS) is 24.8. The molecule has 0 bridgehead atoms. The van der Waals surface area contributed by atoms with Gasteiger partial charge in [-0.05, 0) is 31.0 Å². The highest BCUT2D eigenvalue weighted by molar-refractivity contribution is 5.78. The highest BCUT2D eigenvalue weighted by atomic mass is 16.3. The second-order valence-electron chi connectivity index (χ2n) is 5.73. The Kier molecular flexibility index (Phi) is 3.30. The van der Waals surface area contributed by atoms with Gasteiger partial charge in [0.25, 0.3) is 0 Å². The molecule has 20 heavy (non-hydrogen) atoms. The number of phenols is 2. The molecular weight excluding hydrogens is 256 g/mol. The second-order valence-corrected chi connectivity index (χ2v) is 5.73. The SMILES string of the molecule is CC(c1cc(O)cc(O)c1)N1CCN2C(=O)CCC2C1. The first-order chi connectivity index (χ1) is 9.54. The summed E-state index contributed by atoms with van der Waals surface area (Å²) in [6.07, 6.45) is 1.60.